The van der Waals surface area contributed by atoms with Gasteiger partial charge in [0.15, 0.2) is 0 Å². The number of aryl methyl sites for hydroxylation is 1. The number of fused-ring (bicyclic) bond motifs is 1. The third kappa shape index (κ3) is 5.36. The van der Waals surface area contributed by atoms with Crippen molar-refractivity contribution in [1.82, 2.24) is 16.0 Å². The highest BCUT2D eigenvalue weighted by Crippen LogP contribution is 2.51. The zero-order valence-electron chi connectivity index (χ0n) is 21.0. The van der Waals surface area contributed by atoms with Gasteiger partial charge in [-0.1, -0.05) is 49.4 Å². The summed E-state index contributed by atoms with van der Waals surface area (Å²) in [6, 6.07) is 15.0. The fourth-order valence-corrected chi connectivity index (χ4v) is 5.82. The lowest BCUT2D eigenvalue weighted by atomic mass is 9.69. The molecule has 1 saturated carbocycles. The van der Waals surface area contributed by atoms with Crippen LogP contribution in [0.1, 0.15) is 68.1 Å². The summed E-state index contributed by atoms with van der Waals surface area (Å²) in [5, 5.41) is 19.6. The van der Waals surface area contributed by atoms with Crippen molar-refractivity contribution in [2.75, 3.05) is 6.54 Å². The molecule has 7 nitrogen and oxygen atoms in total. The van der Waals surface area contributed by atoms with E-state index in [0.717, 1.165) is 43.4 Å². The molecule has 4 N–H and O–H groups in total. The van der Waals surface area contributed by atoms with Crippen LogP contribution in [0.3, 0.4) is 0 Å². The summed E-state index contributed by atoms with van der Waals surface area (Å²) in [5.41, 5.74) is 3.55. The van der Waals surface area contributed by atoms with Crippen LogP contribution in [0.5, 0.6) is 5.75 Å². The van der Waals surface area contributed by atoms with E-state index in [-0.39, 0.29) is 24.1 Å². The monoisotopic (exact) mass is 491 g/mol. The second-order valence-electron chi connectivity index (χ2n) is 10.6. The Balaban J connectivity index is 1.30. The van der Waals surface area contributed by atoms with Gasteiger partial charge in [0.25, 0.3) is 0 Å². The van der Waals surface area contributed by atoms with Gasteiger partial charge in [0.05, 0.1) is 12.1 Å². The number of carbonyl (C=O) groups is 2. The Morgan fingerprint density at radius 2 is 2.00 bits per heavy atom. The molecule has 1 aliphatic carbocycles. The van der Waals surface area contributed by atoms with E-state index in [1.807, 2.05) is 30.3 Å². The molecule has 1 spiro atoms. The Bertz CT molecular complexity index is 1090. The maximum atomic E-state index is 12.9. The molecule has 4 atom stereocenters. The van der Waals surface area contributed by atoms with Gasteiger partial charge in [0.1, 0.15) is 17.4 Å². The molecule has 0 aromatic heterocycles. The minimum Gasteiger partial charge on any atom is -0.487 e. The lowest BCUT2D eigenvalue weighted by Gasteiger charge is -2.48. The molecule has 2 aromatic carbocycles. The molecule has 192 valence electrons. The third-order valence-corrected chi connectivity index (χ3v) is 8.12. The summed E-state index contributed by atoms with van der Waals surface area (Å²) in [5.74, 6) is 1.05. The number of nitrogens with one attached hydrogen (secondary N) is 3. The summed E-state index contributed by atoms with van der Waals surface area (Å²) in [6.07, 6.45) is 6.56. The van der Waals surface area contributed by atoms with Crippen molar-refractivity contribution in [2.45, 2.75) is 88.0 Å². The minimum atomic E-state index is -0.711. The van der Waals surface area contributed by atoms with Gasteiger partial charge in [-0.3, -0.25) is 4.79 Å². The second kappa shape index (κ2) is 10.5. The molecule has 36 heavy (non-hydrogen) atoms. The maximum absolute atomic E-state index is 12.9. The molecule has 7 heteroatoms. The summed E-state index contributed by atoms with van der Waals surface area (Å²) >= 11 is 0. The third-order valence-electron chi connectivity index (χ3n) is 8.12. The molecule has 2 aliphatic heterocycles. The molecule has 3 aliphatic rings. The van der Waals surface area contributed by atoms with E-state index in [1.54, 1.807) is 0 Å². The number of amides is 3. The summed E-state index contributed by atoms with van der Waals surface area (Å²) < 4.78 is 6.48. The topological polar surface area (TPSA) is 99.7 Å². The van der Waals surface area contributed by atoms with Gasteiger partial charge in [-0.05, 0) is 80.0 Å². The van der Waals surface area contributed by atoms with Gasteiger partial charge in [-0.25, -0.2) is 4.79 Å². The first-order valence-corrected chi connectivity index (χ1v) is 13.3. The quantitative estimate of drug-likeness (QED) is 0.431. The number of aliphatic hydroxyl groups is 1. The second-order valence-corrected chi connectivity index (χ2v) is 10.6. The van der Waals surface area contributed by atoms with Gasteiger partial charge < -0.3 is 25.8 Å². The van der Waals surface area contributed by atoms with E-state index in [2.05, 4.69) is 41.1 Å². The van der Waals surface area contributed by atoms with Crippen molar-refractivity contribution in [3.8, 4) is 5.75 Å². The standard InChI is InChI=1S/C29H37N3O4/c1-2-19-9-12-26-22(15-19)21(17-29(36-26)13-6-14-29)10-11-25(33)23(16-20-7-4-3-5-8-20)31-27(34)24-18-30-28(35)32-24/h3-5,7-9,12,15,21,23-25,33H,2,6,10-11,13-14,16-18H2,1H3,(H,31,34)(H2,30,32,35)/t21-,23-,24?,25+/m0/s1. The Morgan fingerprint density at radius 3 is 2.67 bits per heavy atom. The largest absolute Gasteiger partial charge is 0.487 e. The van der Waals surface area contributed by atoms with Crippen LogP contribution in [0.2, 0.25) is 0 Å². The predicted molar refractivity (Wildman–Crippen MR) is 138 cm³/mol. The summed E-state index contributed by atoms with van der Waals surface area (Å²) in [4.78, 5) is 24.4. The molecule has 0 radical (unpaired) electrons. The summed E-state index contributed by atoms with van der Waals surface area (Å²) in [6.45, 7) is 2.41. The molecule has 2 heterocycles. The van der Waals surface area contributed by atoms with E-state index in [9.17, 15) is 14.7 Å². The average Bonchev–Trinajstić information content (AvgIpc) is 3.32. The first-order valence-electron chi connectivity index (χ1n) is 13.3. The van der Waals surface area contributed by atoms with Gasteiger partial charge >= 0.3 is 6.03 Å². The van der Waals surface area contributed by atoms with E-state index < -0.39 is 18.2 Å². The highest BCUT2D eigenvalue weighted by Gasteiger charge is 2.45. The SMILES string of the molecule is CCc1ccc2c(c1)[C@@H](CC[C@@H](O)[C@H](Cc1ccccc1)NC(=O)C1CNC(=O)N1)CC1(CCC1)O2. The van der Waals surface area contributed by atoms with Crippen LogP contribution in [0.15, 0.2) is 48.5 Å². The van der Waals surface area contributed by atoms with Crippen LogP contribution in [0, 0.1) is 0 Å². The van der Waals surface area contributed by atoms with Crippen LogP contribution < -0.4 is 20.7 Å². The van der Waals surface area contributed by atoms with E-state index in [0.29, 0.717) is 18.8 Å². The molecule has 1 unspecified atom stereocenters. The number of benzene rings is 2. The Labute approximate surface area is 213 Å². The number of urea groups is 1. The number of hydrogen-bond acceptors (Lipinski definition) is 4. The van der Waals surface area contributed by atoms with Gasteiger partial charge in [-0.15, -0.1) is 0 Å². The number of carbonyl (C=O) groups excluding carboxylic acids is 2. The molecule has 2 fully saturated rings. The molecular weight excluding hydrogens is 454 g/mol. The molecule has 3 amide bonds. The molecule has 5 rings (SSSR count). The summed E-state index contributed by atoms with van der Waals surface area (Å²) in [7, 11) is 0. The zero-order valence-corrected chi connectivity index (χ0v) is 21.0. The Kier molecular flexibility index (Phi) is 7.19. The van der Waals surface area contributed by atoms with Gasteiger partial charge in [0.2, 0.25) is 5.91 Å². The van der Waals surface area contributed by atoms with E-state index in [1.165, 1.54) is 17.5 Å². The highest BCUT2D eigenvalue weighted by atomic mass is 16.5. The van der Waals surface area contributed by atoms with Crippen molar-refractivity contribution >= 4 is 11.9 Å². The molecule has 2 aromatic rings. The minimum absolute atomic E-state index is 0.0539. The fourth-order valence-electron chi connectivity index (χ4n) is 5.82. The van der Waals surface area contributed by atoms with Gasteiger partial charge in [-0.2, -0.15) is 0 Å². The Hall–Kier alpha value is -3.06. The van der Waals surface area contributed by atoms with Crippen molar-refractivity contribution in [3.05, 3.63) is 65.2 Å². The number of rotatable bonds is 9. The predicted octanol–water partition coefficient (Wildman–Crippen LogP) is 3.59. The number of hydrogen-bond donors (Lipinski definition) is 4. The molecule has 1 saturated heterocycles. The molecule has 0 bridgehead atoms. The van der Waals surface area contributed by atoms with Crippen molar-refractivity contribution < 1.29 is 19.4 Å². The maximum Gasteiger partial charge on any atom is 0.315 e. The van der Waals surface area contributed by atoms with Crippen LogP contribution in [-0.2, 0) is 17.6 Å². The van der Waals surface area contributed by atoms with Crippen molar-refractivity contribution in [2.24, 2.45) is 0 Å². The van der Waals surface area contributed by atoms with Crippen molar-refractivity contribution in [3.63, 3.8) is 0 Å². The number of aliphatic hydroxyl groups excluding tert-OH is 1. The van der Waals surface area contributed by atoms with E-state index >= 15 is 0 Å². The highest BCUT2D eigenvalue weighted by molar-refractivity contribution is 5.90. The van der Waals surface area contributed by atoms with Crippen molar-refractivity contribution in [1.29, 1.82) is 0 Å². The van der Waals surface area contributed by atoms with Crippen LogP contribution in [0.4, 0.5) is 4.79 Å². The Morgan fingerprint density at radius 1 is 1.19 bits per heavy atom. The average molecular weight is 492 g/mol. The van der Waals surface area contributed by atoms with E-state index in [4.69, 9.17) is 4.74 Å². The van der Waals surface area contributed by atoms with Gasteiger partial charge in [0, 0.05) is 6.54 Å². The van der Waals surface area contributed by atoms with Crippen LogP contribution in [0.25, 0.3) is 0 Å². The van der Waals surface area contributed by atoms with Crippen LogP contribution in [-0.4, -0.2) is 47.4 Å². The smallest absolute Gasteiger partial charge is 0.315 e. The first kappa shape index (κ1) is 24.6. The zero-order chi connectivity index (χ0) is 25.1. The fraction of sp³-hybridized carbons (Fsp3) is 0.517. The lowest BCUT2D eigenvalue weighted by Crippen LogP contribution is -2.52. The first-order chi connectivity index (χ1) is 17.4. The molecular formula is C29H37N3O4. The number of ether oxygens (including phenoxy) is 1. The normalized spacial score (nSPS) is 23.4. The van der Waals surface area contributed by atoms with Crippen LogP contribution >= 0.6 is 0 Å². The lowest BCUT2D eigenvalue weighted by molar-refractivity contribution is -0.124.